The van der Waals surface area contributed by atoms with E-state index in [9.17, 15) is 4.79 Å². The van der Waals surface area contributed by atoms with Crippen LogP contribution in [0.1, 0.15) is 15.9 Å². The fourth-order valence-electron chi connectivity index (χ4n) is 1.50. The fourth-order valence-corrected chi connectivity index (χ4v) is 2.10. The number of hydrogen-bond donors (Lipinski definition) is 1. The molecule has 2 rings (SSSR count). The van der Waals surface area contributed by atoms with Crippen LogP contribution in [0.3, 0.4) is 0 Å². The first-order valence-corrected chi connectivity index (χ1v) is 5.26. The Morgan fingerprint density at radius 2 is 2.20 bits per heavy atom. The van der Waals surface area contributed by atoms with Crippen LogP contribution in [-0.4, -0.2) is 16.5 Å². The maximum absolute atomic E-state index is 10.8. The number of carbonyl (C=O) groups is 1. The van der Waals surface area contributed by atoms with Crippen LogP contribution in [-0.2, 0) is 0 Å². The van der Waals surface area contributed by atoms with Crippen molar-refractivity contribution in [2.75, 3.05) is 0 Å². The number of nitrogens with zero attached hydrogens (tertiary/aromatic N) is 1. The van der Waals surface area contributed by atoms with Crippen LogP contribution in [0, 0.1) is 6.92 Å². The topological polar surface area (TPSA) is 45.8 Å². The summed E-state index contributed by atoms with van der Waals surface area (Å²) in [5, 5.41) is 6.68. The number of rotatable bonds is 2. The van der Waals surface area contributed by atoms with Crippen LogP contribution >= 0.6 is 15.9 Å². The third kappa shape index (κ3) is 1.99. The van der Waals surface area contributed by atoms with Gasteiger partial charge in [0.15, 0.2) is 6.29 Å². The molecule has 0 amide bonds. The van der Waals surface area contributed by atoms with Crippen molar-refractivity contribution in [2.45, 2.75) is 6.92 Å². The molecule has 15 heavy (non-hydrogen) atoms. The minimum Gasteiger partial charge on any atom is -0.298 e. The first-order chi connectivity index (χ1) is 7.20. The zero-order valence-electron chi connectivity index (χ0n) is 8.12. The molecule has 3 nitrogen and oxygen atoms in total. The van der Waals surface area contributed by atoms with E-state index in [1.807, 2.05) is 25.1 Å². The number of aldehydes is 1. The number of carbonyl (C=O) groups excluding carboxylic acids is 1. The zero-order valence-corrected chi connectivity index (χ0v) is 9.71. The van der Waals surface area contributed by atoms with Gasteiger partial charge in [0.1, 0.15) is 0 Å². The lowest BCUT2D eigenvalue weighted by atomic mass is 10.1. The molecule has 1 N–H and O–H groups in total. The molecule has 0 aliphatic heterocycles. The summed E-state index contributed by atoms with van der Waals surface area (Å²) in [5.41, 5.74) is 3.43. The van der Waals surface area contributed by atoms with E-state index >= 15 is 0 Å². The highest BCUT2D eigenvalue weighted by Crippen LogP contribution is 2.25. The van der Waals surface area contributed by atoms with Gasteiger partial charge in [-0.25, -0.2) is 0 Å². The predicted octanol–water partition coefficient (Wildman–Crippen LogP) is 2.96. The Bertz CT molecular complexity index is 485. The van der Waals surface area contributed by atoms with Crippen molar-refractivity contribution in [3.63, 3.8) is 0 Å². The van der Waals surface area contributed by atoms with E-state index in [0.29, 0.717) is 5.56 Å². The van der Waals surface area contributed by atoms with Crippen molar-refractivity contribution in [3.8, 4) is 11.3 Å². The van der Waals surface area contributed by atoms with Gasteiger partial charge in [0.25, 0.3) is 0 Å². The van der Waals surface area contributed by atoms with E-state index in [-0.39, 0.29) is 0 Å². The van der Waals surface area contributed by atoms with Gasteiger partial charge >= 0.3 is 0 Å². The lowest BCUT2D eigenvalue weighted by Gasteiger charge is -2.02. The molecule has 1 aromatic carbocycles. The van der Waals surface area contributed by atoms with Crippen molar-refractivity contribution >= 4 is 22.2 Å². The maximum Gasteiger partial charge on any atom is 0.153 e. The summed E-state index contributed by atoms with van der Waals surface area (Å²) in [7, 11) is 0. The van der Waals surface area contributed by atoms with Crippen LogP contribution in [0.2, 0.25) is 0 Å². The molecule has 0 unspecified atom stereocenters. The fraction of sp³-hybridized carbons (Fsp3) is 0.0909. The molecule has 2 aromatic rings. The largest absolute Gasteiger partial charge is 0.298 e. The van der Waals surface area contributed by atoms with E-state index in [0.717, 1.165) is 27.6 Å². The molecule has 4 heteroatoms. The van der Waals surface area contributed by atoms with E-state index in [4.69, 9.17) is 0 Å². The molecule has 0 aliphatic rings. The molecule has 0 aliphatic carbocycles. The van der Waals surface area contributed by atoms with Crippen molar-refractivity contribution in [3.05, 3.63) is 40.0 Å². The number of aryl methyl sites for hydroxylation is 1. The van der Waals surface area contributed by atoms with Crippen molar-refractivity contribution in [1.82, 2.24) is 10.2 Å². The average molecular weight is 265 g/mol. The molecule has 0 radical (unpaired) electrons. The van der Waals surface area contributed by atoms with Crippen LogP contribution in [0.15, 0.2) is 28.9 Å². The van der Waals surface area contributed by atoms with Gasteiger partial charge in [-0.15, -0.1) is 0 Å². The monoisotopic (exact) mass is 264 g/mol. The molecule has 1 heterocycles. The molecule has 0 spiro atoms. The molecule has 0 fully saturated rings. The van der Waals surface area contributed by atoms with Gasteiger partial charge in [-0.05, 0) is 30.7 Å². The Morgan fingerprint density at radius 3 is 2.87 bits per heavy atom. The van der Waals surface area contributed by atoms with E-state index in [1.165, 1.54) is 6.20 Å². The second kappa shape index (κ2) is 3.98. The molecule has 1 aromatic heterocycles. The maximum atomic E-state index is 10.8. The van der Waals surface area contributed by atoms with Gasteiger partial charge in [0.05, 0.1) is 17.5 Å². The summed E-state index contributed by atoms with van der Waals surface area (Å²) >= 11 is 3.42. The highest BCUT2D eigenvalue weighted by atomic mass is 79.9. The number of aromatic nitrogens is 2. The van der Waals surface area contributed by atoms with E-state index < -0.39 is 0 Å². The lowest BCUT2D eigenvalue weighted by molar-refractivity contribution is 0.112. The highest BCUT2D eigenvalue weighted by Gasteiger charge is 2.07. The van der Waals surface area contributed by atoms with Crippen LogP contribution in [0.5, 0.6) is 0 Å². The molecular formula is C11H9BrN2O. The molecule has 0 saturated carbocycles. The summed E-state index contributed by atoms with van der Waals surface area (Å²) in [6.07, 6.45) is 2.33. The first-order valence-electron chi connectivity index (χ1n) is 4.47. The predicted molar refractivity (Wildman–Crippen MR) is 61.8 cm³/mol. The minimum absolute atomic E-state index is 0.576. The normalized spacial score (nSPS) is 10.3. The Morgan fingerprint density at radius 1 is 1.40 bits per heavy atom. The molecule has 76 valence electrons. The lowest BCUT2D eigenvalue weighted by Crippen LogP contribution is -1.85. The number of benzene rings is 1. The quantitative estimate of drug-likeness (QED) is 0.848. The van der Waals surface area contributed by atoms with Gasteiger partial charge in [0, 0.05) is 10.0 Å². The van der Waals surface area contributed by atoms with Crippen molar-refractivity contribution < 1.29 is 4.79 Å². The first kappa shape index (κ1) is 10.1. The summed E-state index contributed by atoms with van der Waals surface area (Å²) in [4.78, 5) is 10.8. The second-order valence-corrected chi connectivity index (χ2v) is 4.25. The summed E-state index contributed by atoms with van der Waals surface area (Å²) < 4.78 is 0.990. The Balaban J connectivity index is 2.58. The molecule has 0 atom stereocenters. The molecule has 0 saturated heterocycles. The van der Waals surface area contributed by atoms with Crippen molar-refractivity contribution in [1.29, 1.82) is 0 Å². The summed E-state index contributed by atoms with van der Waals surface area (Å²) in [6, 6.07) is 5.97. The van der Waals surface area contributed by atoms with Crippen LogP contribution in [0.4, 0.5) is 0 Å². The highest BCUT2D eigenvalue weighted by molar-refractivity contribution is 9.10. The number of nitrogens with one attached hydrogen (secondary N) is 1. The smallest absolute Gasteiger partial charge is 0.153 e. The van der Waals surface area contributed by atoms with E-state index in [2.05, 4.69) is 26.1 Å². The van der Waals surface area contributed by atoms with Gasteiger partial charge < -0.3 is 0 Å². The van der Waals surface area contributed by atoms with Gasteiger partial charge in [-0.3, -0.25) is 9.89 Å². The summed E-state index contributed by atoms with van der Waals surface area (Å²) in [6.45, 7) is 2.01. The number of aromatic amines is 1. The van der Waals surface area contributed by atoms with Gasteiger partial charge in [-0.2, -0.15) is 5.10 Å². The minimum atomic E-state index is 0.576. The molecular weight excluding hydrogens is 256 g/mol. The SMILES string of the molecule is Cc1cc(Br)cc(-c2[nH]ncc2C=O)c1. The average Bonchev–Trinajstić information content (AvgIpc) is 2.63. The van der Waals surface area contributed by atoms with Crippen LogP contribution < -0.4 is 0 Å². The number of H-pyrrole nitrogens is 1. The molecule has 0 bridgehead atoms. The van der Waals surface area contributed by atoms with Crippen LogP contribution in [0.25, 0.3) is 11.3 Å². The number of halogens is 1. The van der Waals surface area contributed by atoms with E-state index in [1.54, 1.807) is 0 Å². The van der Waals surface area contributed by atoms with Crippen molar-refractivity contribution in [2.24, 2.45) is 0 Å². The zero-order chi connectivity index (χ0) is 10.8. The third-order valence-electron chi connectivity index (χ3n) is 2.13. The summed E-state index contributed by atoms with van der Waals surface area (Å²) in [5.74, 6) is 0. The second-order valence-electron chi connectivity index (χ2n) is 3.34. The van der Waals surface area contributed by atoms with Gasteiger partial charge in [0.2, 0.25) is 0 Å². The number of hydrogen-bond acceptors (Lipinski definition) is 2. The Kier molecular flexibility index (Phi) is 2.68. The van der Waals surface area contributed by atoms with Gasteiger partial charge in [-0.1, -0.05) is 15.9 Å². The third-order valence-corrected chi connectivity index (χ3v) is 2.58. The Hall–Kier alpha value is -1.42. The standard InChI is InChI=1S/C11H9BrN2O/c1-7-2-8(4-10(12)3-7)11-9(6-15)5-13-14-11/h2-6H,1H3,(H,13,14). The Labute approximate surface area is 95.6 Å².